The van der Waals surface area contributed by atoms with Gasteiger partial charge in [0.15, 0.2) is 0 Å². The molecule has 2 aliphatic rings. The number of nitrogens with one attached hydrogen (secondary N) is 1. The fourth-order valence-corrected chi connectivity index (χ4v) is 3.25. The minimum Gasteiger partial charge on any atom is -0.368 e. The second kappa shape index (κ2) is 7.24. The van der Waals surface area contributed by atoms with Crippen molar-refractivity contribution in [3.8, 4) is 0 Å². The van der Waals surface area contributed by atoms with E-state index in [1.165, 1.54) is 5.69 Å². The van der Waals surface area contributed by atoms with Gasteiger partial charge in [-0.3, -0.25) is 9.59 Å². The number of nitrogens with zero attached hydrogens (tertiary/aromatic N) is 2. The Balaban J connectivity index is 1.46. The molecule has 1 aromatic rings. The molecule has 0 radical (unpaired) electrons. The lowest BCUT2D eigenvalue weighted by molar-refractivity contribution is -0.135. The molecule has 0 aromatic heterocycles. The van der Waals surface area contributed by atoms with Crippen molar-refractivity contribution >= 4 is 17.5 Å². The summed E-state index contributed by atoms with van der Waals surface area (Å²) >= 11 is 0. The minimum absolute atomic E-state index is 0.0463. The lowest BCUT2D eigenvalue weighted by atomic mass is 10.2. The van der Waals surface area contributed by atoms with Crippen molar-refractivity contribution in [2.45, 2.75) is 20.3 Å². The molecule has 130 valence electrons. The van der Waals surface area contributed by atoms with Gasteiger partial charge in [0.05, 0.1) is 11.8 Å². The molecule has 2 fully saturated rings. The zero-order chi connectivity index (χ0) is 17.1. The molecule has 2 atom stereocenters. The number of carbonyl (C=O) groups excluding carboxylic acids is 2. The number of rotatable bonds is 5. The van der Waals surface area contributed by atoms with Crippen molar-refractivity contribution in [2.24, 2.45) is 17.8 Å². The van der Waals surface area contributed by atoms with E-state index >= 15 is 0 Å². The summed E-state index contributed by atoms with van der Waals surface area (Å²) in [6.45, 7) is 8.02. The highest BCUT2D eigenvalue weighted by Gasteiger charge is 2.49. The topological polar surface area (TPSA) is 52.7 Å². The average Bonchev–Trinajstić information content (AvgIpc) is 3.41. The summed E-state index contributed by atoms with van der Waals surface area (Å²) in [7, 11) is 0. The Kier molecular flexibility index (Phi) is 5.07. The molecule has 2 unspecified atom stereocenters. The molecule has 1 aromatic carbocycles. The van der Waals surface area contributed by atoms with E-state index in [2.05, 4.69) is 36.2 Å². The Morgan fingerprint density at radius 1 is 1.08 bits per heavy atom. The van der Waals surface area contributed by atoms with Gasteiger partial charge in [0, 0.05) is 38.4 Å². The summed E-state index contributed by atoms with van der Waals surface area (Å²) in [6, 6.07) is 10.3. The zero-order valence-corrected chi connectivity index (χ0v) is 14.6. The standard InChI is InChI=1S/C19H27N3O2/c1-14(2)13-20-18(23)16-12-17(16)19(24)22-10-8-21(9-11-22)15-6-4-3-5-7-15/h3-7,14,16-17H,8-13H2,1-2H3,(H,20,23). The lowest BCUT2D eigenvalue weighted by Gasteiger charge is -2.36. The molecule has 0 spiro atoms. The predicted molar refractivity (Wildman–Crippen MR) is 94.7 cm³/mol. The van der Waals surface area contributed by atoms with Crippen LogP contribution in [0.4, 0.5) is 5.69 Å². The second-order valence-electron chi connectivity index (χ2n) is 7.24. The van der Waals surface area contributed by atoms with Gasteiger partial charge >= 0.3 is 0 Å². The third-order valence-corrected chi connectivity index (χ3v) is 4.84. The number of anilines is 1. The van der Waals surface area contributed by atoms with Crippen molar-refractivity contribution in [3.05, 3.63) is 30.3 Å². The summed E-state index contributed by atoms with van der Waals surface area (Å²) in [5.74, 6) is 0.439. The summed E-state index contributed by atoms with van der Waals surface area (Å²) in [6.07, 6.45) is 0.710. The van der Waals surface area contributed by atoms with E-state index in [0.717, 1.165) is 26.2 Å². The summed E-state index contributed by atoms with van der Waals surface area (Å²) in [4.78, 5) is 28.9. The Hall–Kier alpha value is -2.04. The van der Waals surface area contributed by atoms with E-state index in [9.17, 15) is 9.59 Å². The molecule has 1 saturated carbocycles. The van der Waals surface area contributed by atoms with E-state index < -0.39 is 0 Å². The van der Waals surface area contributed by atoms with Gasteiger partial charge in [-0.25, -0.2) is 0 Å². The Labute approximate surface area is 144 Å². The largest absolute Gasteiger partial charge is 0.368 e. The van der Waals surface area contributed by atoms with E-state index in [1.54, 1.807) is 0 Å². The number of amides is 2. The second-order valence-corrected chi connectivity index (χ2v) is 7.24. The molecule has 0 bridgehead atoms. The van der Waals surface area contributed by atoms with E-state index in [0.29, 0.717) is 18.9 Å². The molecular weight excluding hydrogens is 302 g/mol. The van der Waals surface area contributed by atoms with Crippen LogP contribution < -0.4 is 10.2 Å². The Bertz CT molecular complexity index is 580. The molecule has 2 amide bonds. The lowest BCUT2D eigenvalue weighted by Crippen LogP contribution is -2.49. The fourth-order valence-electron chi connectivity index (χ4n) is 3.25. The highest BCUT2D eigenvalue weighted by Crippen LogP contribution is 2.40. The van der Waals surface area contributed by atoms with Crippen LogP contribution in [0.5, 0.6) is 0 Å². The van der Waals surface area contributed by atoms with Crippen LogP contribution in [0.2, 0.25) is 0 Å². The molecule has 1 N–H and O–H groups in total. The maximum absolute atomic E-state index is 12.6. The van der Waals surface area contributed by atoms with Crippen LogP contribution in [-0.4, -0.2) is 49.4 Å². The average molecular weight is 329 g/mol. The molecule has 5 nitrogen and oxygen atoms in total. The zero-order valence-electron chi connectivity index (χ0n) is 14.6. The number of piperazine rings is 1. The molecule has 3 rings (SSSR count). The fraction of sp³-hybridized carbons (Fsp3) is 0.579. The van der Waals surface area contributed by atoms with Gasteiger partial charge in [-0.05, 0) is 24.5 Å². The highest BCUT2D eigenvalue weighted by molar-refractivity contribution is 5.92. The quantitative estimate of drug-likeness (QED) is 0.895. The molecule has 24 heavy (non-hydrogen) atoms. The van der Waals surface area contributed by atoms with Gasteiger partial charge in [0.25, 0.3) is 0 Å². The van der Waals surface area contributed by atoms with Crippen LogP contribution in [0.25, 0.3) is 0 Å². The van der Waals surface area contributed by atoms with Gasteiger partial charge < -0.3 is 15.1 Å². The Morgan fingerprint density at radius 3 is 2.38 bits per heavy atom. The van der Waals surface area contributed by atoms with Crippen LogP contribution in [0.1, 0.15) is 20.3 Å². The first-order valence-electron chi connectivity index (χ1n) is 8.92. The van der Waals surface area contributed by atoms with E-state index in [-0.39, 0.29) is 23.7 Å². The molecule has 1 heterocycles. The van der Waals surface area contributed by atoms with Crippen LogP contribution in [0.3, 0.4) is 0 Å². The number of hydrogen-bond donors (Lipinski definition) is 1. The summed E-state index contributed by atoms with van der Waals surface area (Å²) in [5, 5.41) is 2.94. The van der Waals surface area contributed by atoms with Crippen molar-refractivity contribution < 1.29 is 9.59 Å². The van der Waals surface area contributed by atoms with Crippen molar-refractivity contribution in [1.82, 2.24) is 10.2 Å². The van der Waals surface area contributed by atoms with Gasteiger partial charge in [0.1, 0.15) is 0 Å². The smallest absolute Gasteiger partial charge is 0.226 e. The predicted octanol–water partition coefficient (Wildman–Crippen LogP) is 1.74. The van der Waals surface area contributed by atoms with E-state index in [1.807, 2.05) is 23.1 Å². The maximum Gasteiger partial charge on any atom is 0.226 e. The van der Waals surface area contributed by atoms with Crippen LogP contribution in [-0.2, 0) is 9.59 Å². The Morgan fingerprint density at radius 2 is 1.75 bits per heavy atom. The van der Waals surface area contributed by atoms with Gasteiger partial charge in [-0.1, -0.05) is 32.0 Å². The maximum atomic E-state index is 12.6. The third kappa shape index (κ3) is 3.89. The van der Waals surface area contributed by atoms with E-state index in [4.69, 9.17) is 0 Å². The first-order valence-corrected chi connectivity index (χ1v) is 8.92. The molecule has 1 saturated heterocycles. The van der Waals surface area contributed by atoms with Crippen molar-refractivity contribution in [2.75, 3.05) is 37.6 Å². The number of para-hydroxylation sites is 1. The monoisotopic (exact) mass is 329 g/mol. The van der Waals surface area contributed by atoms with Gasteiger partial charge in [-0.15, -0.1) is 0 Å². The number of benzene rings is 1. The first-order chi connectivity index (χ1) is 11.6. The molecule has 1 aliphatic carbocycles. The molecule has 5 heteroatoms. The number of hydrogen-bond acceptors (Lipinski definition) is 3. The van der Waals surface area contributed by atoms with Crippen LogP contribution in [0.15, 0.2) is 30.3 Å². The van der Waals surface area contributed by atoms with Crippen molar-refractivity contribution in [1.29, 1.82) is 0 Å². The van der Waals surface area contributed by atoms with Gasteiger partial charge in [-0.2, -0.15) is 0 Å². The van der Waals surface area contributed by atoms with Gasteiger partial charge in [0.2, 0.25) is 11.8 Å². The van der Waals surface area contributed by atoms with Crippen molar-refractivity contribution in [3.63, 3.8) is 0 Å². The number of carbonyl (C=O) groups is 2. The molecule has 1 aliphatic heterocycles. The SMILES string of the molecule is CC(C)CNC(=O)C1CC1C(=O)N1CCN(c2ccccc2)CC1. The van der Waals surface area contributed by atoms with Crippen LogP contribution in [0, 0.1) is 17.8 Å². The first kappa shape index (κ1) is 16.8. The third-order valence-electron chi connectivity index (χ3n) is 4.84. The normalized spacial score (nSPS) is 23.3. The highest BCUT2D eigenvalue weighted by atomic mass is 16.2. The summed E-state index contributed by atoms with van der Waals surface area (Å²) in [5.41, 5.74) is 1.21. The van der Waals surface area contributed by atoms with Crippen LogP contribution >= 0.6 is 0 Å². The minimum atomic E-state index is -0.108. The summed E-state index contributed by atoms with van der Waals surface area (Å²) < 4.78 is 0. The molecular formula is C19H27N3O2.